The van der Waals surface area contributed by atoms with Crippen molar-refractivity contribution in [3.8, 4) is 0 Å². The highest BCUT2D eigenvalue weighted by atomic mass is 35.5. The Kier molecular flexibility index (Phi) is 4.16. The third-order valence-corrected chi connectivity index (χ3v) is 4.96. The molecule has 0 amide bonds. The first kappa shape index (κ1) is 14.9. The Balaban J connectivity index is 1.72. The van der Waals surface area contributed by atoms with Crippen LogP contribution in [0, 0.1) is 0 Å². The maximum Gasteiger partial charge on any atom is 0.150 e. The highest BCUT2D eigenvalue weighted by Crippen LogP contribution is 2.30. The van der Waals surface area contributed by atoms with Gasteiger partial charge in [0.15, 0.2) is 6.23 Å². The molecule has 0 saturated carbocycles. The van der Waals surface area contributed by atoms with Gasteiger partial charge in [-0.1, -0.05) is 17.7 Å². The Bertz CT molecular complexity index is 835. The van der Waals surface area contributed by atoms with Gasteiger partial charge in [-0.05, 0) is 43.0 Å². The normalized spacial score (nSPS) is 18.9. The lowest BCUT2D eigenvalue weighted by atomic mass is 10.1. The van der Waals surface area contributed by atoms with Crippen LogP contribution in [-0.2, 0) is 4.74 Å². The van der Waals surface area contributed by atoms with Crippen LogP contribution in [0.1, 0.15) is 36.7 Å². The Morgan fingerprint density at radius 1 is 1.30 bits per heavy atom. The SMILES string of the molecule is Clc1cc2cnn(C3CCCCO3)c2cc1C=Cc1cscn1. The van der Waals surface area contributed by atoms with Crippen LogP contribution in [-0.4, -0.2) is 21.4 Å². The lowest BCUT2D eigenvalue weighted by molar-refractivity contribution is -0.0366. The Hall–Kier alpha value is -1.69. The van der Waals surface area contributed by atoms with Gasteiger partial charge < -0.3 is 4.74 Å². The molecule has 0 bridgehead atoms. The minimum Gasteiger partial charge on any atom is -0.356 e. The molecular weight excluding hydrogens is 330 g/mol. The molecule has 1 aromatic carbocycles. The number of fused-ring (bicyclic) bond motifs is 1. The molecule has 4 rings (SSSR count). The smallest absolute Gasteiger partial charge is 0.150 e. The number of thiazole rings is 1. The van der Waals surface area contributed by atoms with E-state index in [2.05, 4.69) is 16.1 Å². The molecule has 3 aromatic rings. The predicted molar refractivity (Wildman–Crippen MR) is 94.6 cm³/mol. The zero-order valence-electron chi connectivity index (χ0n) is 12.5. The number of benzene rings is 1. The highest BCUT2D eigenvalue weighted by Gasteiger charge is 2.19. The Labute approximate surface area is 143 Å². The largest absolute Gasteiger partial charge is 0.356 e. The third-order valence-electron chi connectivity index (χ3n) is 4.03. The summed E-state index contributed by atoms with van der Waals surface area (Å²) in [5.74, 6) is 0. The van der Waals surface area contributed by atoms with Gasteiger partial charge in [-0.15, -0.1) is 11.3 Å². The third kappa shape index (κ3) is 3.04. The second-order valence-electron chi connectivity index (χ2n) is 5.59. The number of halogens is 1. The zero-order valence-corrected chi connectivity index (χ0v) is 14.1. The average Bonchev–Trinajstić information content (AvgIpc) is 3.22. The van der Waals surface area contributed by atoms with Crippen molar-refractivity contribution >= 4 is 46.0 Å². The lowest BCUT2D eigenvalue weighted by Gasteiger charge is -2.23. The summed E-state index contributed by atoms with van der Waals surface area (Å²) in [4.78, 5) is 4.26. The van der Waals surface area contributed by atoms with E-state index < -0.39 is 0 Å². The van der Waals surface area contributed by atoms with Crippen molar-refractivity contribution in [3.63, 3.8) is 0 Å². The van der Waals surface area contributed by atoms with Crippen LogP contribution in [0.3, 0.4) is 0 Å². The maximum absolute atomic E-state index is 6.40. The number of hydrogen-bond donors (Lipinski definition) is 0. The second kappa shape index (κ2) is 6.43. The summed E-state index contributed by atoms with van der Waals surface area (Å²) in [6.45, 7) is 0.802. The summed E-state index contributed by atoms with van der Waals surface area (Å²) < 4.78 is 7.84. The van der Waals surface area contributed by atoms with Crippen LogP contribution in [0.4, 0.5) is 0 Å². The quantitative estimate of drug-likeness (QED) is 0.669. The molecule has 1 saturated heterocycles. The molecule has 23 heavy (non-hydrogen) atoms. The number of hydrogen-bond acceptors (Lipinski definition) is 4. The van der Waals surface area contributed by atoms with Crippen LogP contribution < -0.4 is 0 Å². The summed E-state index contributed by atoms with van der Waals surface area (Å²) in [5.41, 5.74) is 4.78. The first-order chi connectivity index (χ1) is 11.3. The minimum atomic E-state index is 0.0257. The van der Waals surface area contributed by atoms with E-state index >= 15 is 0 Å². The topological polar surface area (TPSA) is 39.9 Å². The molecule has 1 atom stereocenters. The van der Waals surface area contributed by atoms with E-state index in [-0.39, 0.29) is 6.23 Å². The van der Waals surface area contributed by atoms with Gasteiger partial charge >= 0.3 is 0 Å². The van der Waals surface area contributed by atoms with E-state index in [1.54, 1.807) is 11.3 Å². The predicted octanol–water partition coefficient (Wildman–Crippen LogP) is 5.02. The molecule has 4 nitrogen and oxygen atoms in total. The van der Waals surface area contributed by atoms with Crippen molar-refractivity contribution in [1.29, 1.82) is 0 Å². The molecule has 1 aliphatic heterocycles. The van der Waals surface area contributed by atoms with E-state index in [0.29, 0.717) is 5.02 Å². The number of nitrogens with zero attached hydrogens (tertiary/aromatic N) is 3. The first-order valence-corrected chi connectivity index (χ1v) is 8.98. The molecule has 1 aliphatic rings. The molecule has 3 heterocycles. The van der Waals surface area contributed by atoms with E-state index in [4.69, 9.17) is 16.3 Å². The number of rotatable bonds is 3. The minimum absolute atomic E-state index is 0.0257. The van der Waals surface area contributed by atoms with Crippen LogP contribution in [0.25, 0.3) is 23.1 Å². The summed E-state index contributed by atoms with van der Waals surface area (Å²) in [6, 6.07) is 4.04. The fourth-order valence-electron chi connectivity index (χ4n) is 2.83. The molecule has 0 N–H and O–H groups in total. The van der Waals surface area contributed by atoms with Crippen molar-refractivity contribution in [2.24, 2.45) is 0 Å². The van der Waals surface area contributed by atoms with Crippen molar-refractivity contribution < 1.29 is 4.74 Å². The molecule has 6 heteroatoms. The molecular formula is C17H16ClN3OS. The van der Waals surface area contributed by atoms with Gasteiger partial charge in [-0.3, -0.25) is 0 Å². The lowest BCUT2D eigenvalue weighted by Crippen LogP contribution is -2.18. The van der Waals surface area contributed by atoms with Crippen molar-refractivity contribution in [1.82, 2.24) is 14.8 Å². The van der Waals surface area contributed by atoms with Crippen LogP contribution in [0.15, 0.2) is 29.2 Å². The van der Waals surface area contributed by atoms with Crippen molar-refractivity contribution in [2.75, 3.05) is 6.61 Å². The summed E-state index contributed by atoms with van der Waals surface area (Å²) in [5, 5.41) is 8.27. The summed E-state index contributed by atoms with van der Waals surface area (Å²) in [6.07, 6.45) is 9.16. The van der Waals surface area contributed by atoms with Gasteiger partial charge in [-0.2, -0.15) is 5.10 Å². The number of ether oxygens (including phenoxy) is 1. The summed E-state index contributed by atoms with van der Waals surface area (Å²) >= 11 is 7.98. The first-order valence-electron chi connectivity index (χ1n) is 7.66. The Morgan fingerprint density at radius 3 is 3.04 bits per heavy atom. The maximum atomic E-state index is 6.40. The number of aromatic nitrogens is 3. The highest BCUT2D eigenvalue weighted by molar-refractivity contribution is 7.07. The fraction of sp³-hybridized carbons (Fsp3) is 0.294. The van der Waals surface area contributed by atoms with Crippen LogP contribution in [0.5, 0.6) is 0 Å². The van der Waals surface area contributed by atoms with Gasteiger partial charge in [0.05, 0.1) is 22.9 Å². The van der Waals surface area contributed by atoms with Gasteiger partial charge in [0.2, 0.25) is 0 Å². The van der Waals surface area contributed by atoms with E-state index in [9.17, 15) is 0 Å². The van der Waals surface area contributed by atoms with Crippen molar-refractivity contribution in [2.45, 2.75) is 25.5 Å². The van der Waals surface area contributed by atoms with E-state index in [0.717, 1.165) is 41.6 Å². The van der Waals surface area contributed by atoms with Gasteiger partial charge in [-0.25, -0.2) is 9.67 Å². The standard InChI is InChI=1S/C17H16ClN3OS/c18-15-7-13-9-20-21(17-3-1-2-6-22-17)16(13)8-12(15)4-5-14-10-23-11-19-14/h4-5,7-11,17H,1-3,6H2. The van der Waals surface area contributed by atoms with Crippen molar-refractivity contribution in [3.05, 3.63) is 45.5 Å². The molecule has 1 fully saturated rings. The van der Waals surface area contributed by atoms with Crippen LogP contribution in [0.2, 0.25) is 5.02 Å². The van der Waals surface area contributed by atoms with E-state index in [1.165, 1.54) is 6.42 Å². The van der Waals surface area contributed by atoms with Crippen LogP contribution >= 0.6 is 22.9 Å². The molecule has 118 valence electrons. The molecule has 0 radical (unpaired) electrons. The molecule has 1 unspecified atom stereocenters. The Morgan fingerprint density at radius 2 is 2.26 bits per heavy atom. The van der Waals surface area contributed by atoms with Gasteiger partial charge in [0, 0.05) is 22.4 Å². The molecule has 2 aromatic heterocycles. The molecule has 0 spiro atoms. The average molecular weight is 346 g/mol. The summed E-state index contributed by atoms with van der Waals surface area (Å²) in [7, 11) is 0. The van der Waals surface area contributed by atoms with Gasteiger partial charge in [0.25, 0.3) is 0 Å². The zero-order chi connectivity index (χ0) is 15.6. The van der Waals surface area contributed by atoms with Gasteiger partial charge in [0.1, 0.15) is 0 Å². The monoisotopic (exact) mass is 345 g/mol. The second-order valence-corrected chi connectivity index (χ2v) is 6.72. The molecule has 0 aliphatic carbocycles. The van der Waals surface area contributed by atoms with E-state index in [1.807, 2.05) is 40.0 Å². The fourth-order valence-corrected chi connectivity index (χ4v) is 3.59.